The van der Waals surface area contributed by atoms with Gasteiger partial charge in [0.2, 0.25) is 0 Å². The van der Waals surface area contributed by atoms with E-state index in [-0.39, 0.29) is 5.88 Å². The van der Waals surface area contributed by atoms with Crippen LogP contribution in [0.4, 0.5) is 5.88 Å². The van der Waals surface area contributed by atoms with Crippen LogP contribution in [0.5, 0.6) is 0 Å². The van der Waals surface area contributed by atoms with E-state index in [9.17, 15) is 10.1 Å². The van der Waals surface area contributed by atoms with Crippen LogP contribution in [0.25, 0.3) is 11.5 Å². The summed E-state index contributed by atoms with van der Waals surface area (Å²) in [5.74, 6) is 0.0347. The SMILES string of the molecule is Cn1cc(/C=N/N2CCOCC2)c(-c2ccc([N+](=O)[O-])o2)n1. The predicted octanol–water partition coefficient (Wildman–Crippen LogP) is 1.25. The molecule has 9 nitrogen and oxygen atoms in total. The highest BCUT2D eigenvalue weighted by atomic mass is 16.6. The third kappa shape index (κ3) is 2.98. The summed E-state index contributed by atoms with van der Waals surface area (Å²) >= 11 is 0. The Morgan fingerprint density at radius 3 is 2.86 bits per heavy atom. The molecule has 0 unspecified atom stereocenters. The molecule has 1 saturated heterocycles. The first-order chi connectivity index (χ1) is 10.6. The zero-order chi connectivity index (χ0) is 15.5. The van der Waals surface area contributed by atoms with Crippen LogP contribution >= 0.6 is 0 Å². The highest BCUT2D eigenvalue weighted by Crippen LogP contribution is 2.26. The summed E-state index contributed by atoms with van der Waals surface area (Å²) in [6, 6.07) is 2.85. The van der Waals surface area contributed by atoms with Crippen molar-refractivity contribution in [2.45, 2.75) is 0 Å². The van der Waals surface area contributed by atoms with E-state index in [0.717, 1.165) is 18.7 Å². The highest BCUT2D eigenvalue weighted by molar-refractivity contribution is 5.87. The Hall–Kier alpha value is -2.68. The van der Waals surface area contributed by atoms with Crippen LogP contribution in [0, 0.1) is 10.1 Å². The number of hydrogen-bond donors (Lipinski definition) is 0. The van der Waals surface area contributed by atoms with Crippen molar-refractivity contribution in [3.05, 3.63) is 34.0 Å². The van der Waals surface area contributed by atoms with Crippen LogP contribution in [0.2, 0.25) is 0 Å². The molecule has 0 spiro atoms. The van der Waals surface area contributed by atoms with E-state index in [1.807, 2.05) is 5.01 Å². The van der Waals surface area contributed by atoms with E-state index < -0.39 is 4.92 Å². The molecule has 1 aliphatic rings. The van der Waals surface area contributed by atoms with Gasteiger partial charge in [-0.2, -0.15) is 10.2 Å². The van der Waals surface area contributed by atoms with Gasteiger partial charge in [0.05, 0.1) is 38.6 Å². The second kappa shape index (κ2) is 5.98. The molecule has 0 aliphatic carbocycles. The lowest BCUT2D eigenvalue weighted by Crippen LogP contribution is -2.32. The number of nitro groups is 1. The molecule has 0 N–H and O–H groups in total. The number of aryl methyl sites for hydroxylation is 1. The molecule has 0 radical (unpaired) electrons. The Bertz CT molecular complexity index is 699. The summed E-state index contributed by atoms with van der Waals surface area (Å²) in [7, 11) is 1.77. The standard InChI is InChI=1S/C13H15N5O4/c1-16-9-10(8-14-17-4-6-21-7-5-17)13(15-16)11-2-3-12(22-11)18(19)20/h2-3,8-9H,4-7H2,1H3/b14-8+. The maximum absolute atomic E-state index is 10.7. The lowest BCUT2D eigenvalue weighted by Gasteiger charge is -2.23. The Morgan fingerprint density at radius 2 is 2.18 bits per heavy atom. The smallest absolute Gasteiger partial charge is 0.399 e. The van der Waals surface area contributed by atoms with E-state index >= 15 is 0 Å². The molecule has 2 aromatic heterocycles. The molecular weight excluding hydrogens is 290 g/mol. The number of morpholine rings is 1. The zero-order valence-electron chi connectivity index (χ0n) is 12.0. The van der Waals surface area contributed by atoms with Crippen LogP contribution in [-0.2, 0) is 11.8 Å². The molecular formula is C13H15N5O4. The molecule has 9 heteroatoms. The molecule has 0 atom stereocenters. The average molecular weight is 305 g/mol. The van der Waals surface area contributed by atoms with Crippen molar-refractivity contribution in [2.75, 3.05) is 26.3 Å². The van der Waals surface area contributed by atoms with Gasteiger partial charge in [-0.15, -0.1) is 0 Å². The first kappa shape index (κ1) is 14.3. The summed E-state index contributed by atoms with van der Waals surface area (Å²) < 4.78 is 12.1. The van der Waals surface area contributed by atoms with Crippen molar-refractivity contribution < 1.29 is 14.1 Å². The van der Waals surface area contributed by atoms with Crippen LogP contribution in [-0.4, -0.2) is 52.2 Å². The zero-order valence-corrected chi connectivity index (χ0v) is 12.0. The highest BCUT2D eigenvalue weighted by Gasteiger charge is 2.18. The molecule has 0 amide bonds. The minimum absolute atomic E-state index is 0.309. The number of hydrogen-bond acceptors (Lipinski definition) is 7. The number of hydrazone groups is 1. The molecule has 1 aliphatic heterocycles. The number of ether oxygens (including phenoxy) is 1. The number of nitrogens with zero attached hydrogens (tertiary/aromatic N) is 5. The van der Waals surface area contributed by atoms with E-state index in [1.165, 1.54) is 12.1 Å². The lowest BCUT2D eigenvalue weighted by atomic mass is 10.2. The monoisotopic (exact) mass is 305 g/mol. The minimum Gasteiger partial charge on any atom is -0.399 e. The topological polar surface area (TPSA) is 98.9 Å². The van der Waals surface area contributed by atoms with Crippen molar-refractivity contribution in [3.8, 4) is 11.5 Å². The van der Waals surface area contributed by atoms with E-state index in [4.69, 9.17) is 9.15 Å². The van der Waals surface area contributed by atoms with Crippen LogP contribution in [0.15, 0.2) is 27.8 Å². The van der Waals surface area contributed by atoms with Crippen molar-refractivity contribution in [3.63, 3.8) is 0 Å². The third-order valence-corrected chi connectivity index (χ3v) is 3.21. The first-order valence-corrected chi connectivity index (χ1v) is 6.78. The van der Waals surface area contributed by atoms with Gasteiger partial charge in [0.1, 0.15) is 10.6 Å². The van der Waals surface area contributed by atoms with Gasteiger partial charge >= 0.3 is 5.88 Å². The minimum atomic E-state index is -0.575. The summed E-state index contributed by atoms with van der Waals surface area (Å²) in [5.41, 5.74) is 1.26. The van der Waals surface area contributed by atoms with Crippen LogP contribution < -0.4 is 0 Å². The van der Waals surface area contributed by atoms with Gasteiger partial charge in [-0.1, -0.05) is 0 Å². The predicted molar refractivity (Wildman–Crippen MR) is 77.6 cm³/mol. The summed E-state index contributed by atoms with van der Waals surface area (Å²) in [6.07, 6.45) is 3.47. The van der Waals surface area contributed by atoms with Gasteiger partial charge in [-0.25, -0.2) is 0 Å². The normalized spacial score (nSPS) is 15.6. The molecule has 2 aromatic rings. The van der Waals surface area contributed by atoms with Crippen molar-refractivity contribution >= 4 is 12.1 Å². The van der Waals surface area contributed by atoms with Crippen molar-refractivity contribution in [1.29, 1.82) is 0 Å². The summed E-state index contributed by atoms with van der Waals surface area (Å²) in [5, 5.41) is 21.3. The second-order valence-corrected chi connectivity index (χ2v) is 4.81. The van der Waals surface area contributed by atoms with Crippen LogP contribution in [0.3, 0.4) is 0 Å². The molecule has 0 saturated carbocycles. The van der Waals surface area contributed by atoms with E-state index in [2.05, 4.69) is 10.2 Å². The van der Waals surface area contributed by atoms with E-state index in [0.29, 0.717) is 24.7 Å². The van der Waals surface area contributed by atoms with Gasteiger partial charge in [0.15, 0.2) is 5.76 Å². The van der Waals surface area contributed by atoms with Gasteiger partial charge in [-0.05, 0) is 6.07 Å². The van der Waals surface area contributed by atoms with Gasteiger partial charge in [-0.3, -0.25) is 19.8 Å². The largest absolute Gasteiger partial charge is 0.433 e. The fraction of sp³-hybridized carbons (Fsp3) is 0.385. The van der Waals surface area contributed by atoms with E-state index in [1.54, 1.807) is 24.1 Å². The Morgan fingerprint density at radius 1 is 1.41 bits per heavy atom. The third-order valence-electron chi connectivity index (χ3n) is 3.21. The molecule has 1 fully saturated rings. The van der Waals surface area contributed by atoms with Crippen molar-refractivity contribution in [2.24, 2.45) is 12.1 Å². The van der Waals surface area contributed by atoms with Gasteiger partial charge < -0.3 is 9.15 Å². The molecule has 3 heterocycles. The Labute approximate surface area is 125 Å². The van der Waals surface area contributed by atoms with Crippen LogP contribution in [0.1, 0.15) is 5.56 Å². The lowest BCUT2D eigenvalue weighted by molar-refractivity contribution is -0.401. The molecule has 0 bridgehead atoms. The summed E-state index contributed by atoms with van der Waals surface area (Å²) in [6.45, 7) is 2.78. The Balaban J connectivity index is 1.85. The molecule has 3 rings (SSSR count). The molecule has 0 aromatic carbocycles. The molecule has 22 heavy (non-hydrogen) atoms. The maximum atomic E-state index is 10.7. The quantitative estimate of drug-likeness (QED) is 0.479. The molecule has 116 valence electrons. The maximum Gasteiger partial charge on any atom is 0.433 e. The number of aromatic nitrogens is 2. The van der Waals surface area contributed by atoms with Gasteiger partial charge in [0.25, 0.3) is 0 Å². The fourth-order valence-electron chi connectivity index (χ4n) is 2.16. The Kier molecular flexibility index (Phi) is 3.88. The number of rotatable bonds is 4. The summed E-state index contributed by atoms with van der Waals surface area (Å²) in [4.78, 5) is 10.1. The average Bonchev–Trinajstić information content (AvgIpc) is 3.12. The first-order valence-electron chi connectivity index (χ1n) is 6.78. The fourth-order valence-corrected chi connectivity index (χ4v) is 2.16. The van der Waals surface area contributed by atoms with Gasteiger partial charge in [0, 0.05) is 18.8 Å². The second-order valence-electron chi connectivity index (χ2n) is 4.81. The van der Waals surface area contributed by atoms with Crippen molar-refractivity contribution in [1.82, 2.24) is 14.8 Å². The number of furan rings is 1.